The second-order valence-electron chi connectivity index (χ2n) is 2.74. The lowest BCUT2D eigenvalue weighted by atomic mass is 10.2. The van der Waals surface area contributed by atoms with Gasteiger partial charge in [-0.3, -0.25) is 10.1 Å². The number of nitro groups is 1. The zero-order chi connectivity index (χ0) is 13.0. The second-order valence-corrected chi connectivity index (χ2v) is 2.74. The van der Waals surface area contributed by atoms with E-state index in [9.17, 15) is 20.2 Å². The summed E-state index contributed by atoms with van der Waals surface area (Å²) in [4.78, 5) is 23.9. The molecule has 17 heavy (non-hydrogen) atoms. The van der Waals surface area contributed by atoms with E-state index in [-0.39, 0.29) is 17.1 Å². The number of anilines is 1. The molecular weight excluding hydrogens is 236 g/mol. The van der Waals surface area contributed by atoms with E-state index in [1.54, 1.807) is 0 Å². The molecule has 0 saturated carbocycles. The molecule has 92 valence electrons. The first-order valence-corrected chi connectivity index (χ1v) is 4.15. The van der Waals surface area contributed by atoms with Gasteiger partial charge in [0.25, 0.3) is 0 Å². The predicted molar refractivity (Wildman–Crippen MR) is 54.4 cm³/mol. The summed E-state index contributed by atoms with van der Waals surface area (Å²) < 4.78 is 4.75. The second kappa shape index (κ2) is 4.94. The maximum atomic E-state index is 10.7. The molecule has 10 nitrogen and oxygen atoms in total. The predicted octanol–water partition coefficient (Wildman–Crippen LogP) is 0.407. The third-order valence-electron chi connectivity index (χ3n) is 1.77. The van der Waals surface area contributed by atoms with Gasteiger partial charge < -0.3 is 4.74 Å². The highest BCUT2D eigenvalue weighted by Gasteiger charge is 2.18. The zero-order valence-electron chi connectivity index (χ0n) is 8.60. The van der Waals surface area contributed by atoms with E-state index < -0.39 is 10.0 Å². The average molecular weight is 244 g/mol. The Morgan fingerprint density at radius 2 is 2.00 bits per heavy atom. The lowest BCUT2D eigenvalue weighted by Gasteiger charge is -2.14. The van der Waals surface area contributed by atoms with Gasteiger partial charge >= 0.3 is 10.8 Å². The zero-order valence-corrected chi connectivity index (χ0v) is 8.60. The molecule has 0 fully saturated rings. The van der Waals surface area contributed by atoms with Gasteiger partial charge in [-0.25, -0.2) is 5.84 Å². The van der Waals surface area contributed by atoms with Crippen LogP contribution >= 0.6 is 0 Å². The number of hydrogen-bond acceptors (Lipinski definition) is 8. The van der Waals surface area contributed by atoms with E-state index in [2.05, 4.69) is 4.94 Å². The molecule has 0 aliphatic heterocycles. The molecule has 0 spiro atoms. The smallest absolute Gasteiger partial charge is 0.318 e. The molecule has 0 amide bonds. The van der Waals surface area contributed by atoms with Gasteiger partial charge in [0.15, 0.2) is 5.75 Å². The lowest BCUT2D eigenvalue weighted by Crippen LogP contribution is -2.33. The van der Waals surface area contributed by atoms with E-state index in [0.717, 1.165) is 6.07 Å². The minimum absolute atomic E-state index is 0.00764. The Balaban J connectivity index is 3.07. The van der Waals surface area contributed by atoms with Gasteiger partial charge in [0.1, 0.15) is 0 Å². The van der Waals surface area contributed by atoms with E-state index in [1.165, 1.54) is 19.2 Å². The lowest BCUT2D eigenvalue weighted by molar-refractivity contribution is -0.762. The molecular formula is C7H8N4O6. The van der Waals surface area contributed by atoms with Gasteiger partial charge in [-0.15, -0.1) is 15.3 Å². The molecule has 1 aromatic rings. The first-order chi connectivity index (χ1) is 7.95. The highest BCUT2D eigenvalue weighted by atomic mass is 17.0. The van der Waals surface area contributed by atoms with Crippen molar-refractivity contribution in [3.63, 3.8) is 0 Å². The summed E-state index contributed by atoms with van der Waals surface area (Å²) in [6, 6.07) is 3.51. The van der Waals surface area contributed by atoms with Crippen molar-refractivity contribution in [2.45, 2.75) is 0 Å². The first kappa shape index (κ1) is 12.4. The molecule has 2 N–H and O–H groups in total. The molecule has 1 rings (SSSR count). The van der Waals surface area contributed by atoms with Crippen molar-refractivity contribution in [2.24, 2.45) is 5.84 Å². The Labute approximate surface area is 94.3 Å². The normalized spacial score (nSPS) is 9.53. The van der Waals surface area contributed by atoms with Crippen molar-refractivity contribution >= 4 is 11.4 Å². The molecule has 1 aromatic carbocycles. The Hall–Kier alpha value is -2.62. The Kier molecular flexibility index (Phi) is 3.62. The number of nitrogens with zero attached hydrogens (tertiary/aromatic N) is 3. The quantitative estimate of drug-likeness (QED) is 0.447. The van der Waals surface area contributed by atoms with E-state index in [1.807, 2.05) is 0 Å². The van der Waals surface area contributed by atoms with E-state index >= 15 is 0 Å². The topological polar surface area (TPSA) is 134 Å². The summed E-state index contributed by atoms with van der Waals surface area (Å²) in [7, 11) is 1.26. The van der Waals surface area contributed by atoms with Gasteiger partial charge in [0.2, 0.25) is 0 Å². The fraction of sp³-hybridized carbons (Fsp3) is 0.143. The number of ether oxygens (including phenoxy) is 1. The van der Waals surface area contributed by atoms with Crippen LogP contribution in [0.4, 0.5) is 11.4 Å². The van der Waals surface area contributed by atoms with Crippen molar-refractivity contribution in [3.05, 3.63) is 38.4 Å². The molecule has 0 aliphatic carbocycles. The number of rotatable bonds is 5. The summed E-state index contributed by atoms with van der Waals surface area (Å²) in [5.74, 6) is 5.17. The summed E-state index contributed by atoms with van der Waals surface area (Å²) in [5, 5.41) is 19.9. The van der Waals surface area contributed by atoms with Crippen LogP contribution in [0.3, 0.4) is 0 Å². The molecule has 0 radical (unpaired) electrons. The minimum Gasteiger partial charge on any atom is -0.490 e. The molecule has 10 heteroatoms. The van der Waals surface area contributed by atoms with Crippen molar-refractivity contribution < 1.29 is 19.7 Å². The van der Waals surface area contributed by atoms with Crippen LogP contribution in [0.5, 0.6) is 5.75 Å². The highest BCUT2D eigenvalue weighted by molar-refractivity contribution is 5.58. The molecule has 0 atom stereocenters. The highest BCUT2D eigenvalue weighted by Crippen LogP contribution is 2.30. The van der Waals surface area contributed by atoms with Crippen LogP contribution in [0, 0.1) is 20.2 Å². The number of nitro benzene ring substituents is 1. The molecule has 0 unspecified atom stereocenters. The summed E-state index contributed by atoms with van der Waals surface area (Å²) in [5.41, 5.74) is -0.443. The van der Waals surface area contributed by atoms with Crippen LogP contribution in [-0.2, 0) is 4.94 Å². The molecule has 0 heterocycles. The Morgan fingerprint density at radius 1 is 1.35 bits per heavy atom. The van der Waals surface area contributed by atoms with Crippen molar-refractivity contribution in [1.82, 2.24) is 0 Å². The van der Waals surface area contributed by atoms with Gasteiger partial charge in [0, 0.05) is 6.07 Å². The maximum Gasteiger partial charge on any atom is 0.318 e. The molecule has 0 bridgehead atoms. The number of benzene rings is 1. The SMILES string of the molecule is COc1ccc(N(N)O[N+](=O)[O-])cc1[N+](=O)[O-]. The van der Waals surface area contributed by atoms with E-state index in [0.29, 0.717) is 5.17 Å². The fourth-order valence-electron chi connectivity index (χ4n) is 1.08. The van der Waals surface area contributed by atoms with Gasteiger partial charge in [-0.2, -0.15) is 4.94 Å². The number of methoxy groups -OCH3 is 1. The molecule has 0 aromatic heterocycles. The number of hydrazine groups is 1. The van der Waals surface area contributed by atoms with Crippen molar-refractivity contribution in [3.8, 4) is 5.75 Å². The van der Waals surface area contributed by atoms with E-state index in [4.69, 9.17) is 10.6 Å². The van der Waals surface area contributed by atoms with Gasteiger partial charge in [0.05, 0.1) is 17.7 Å². The number of nitrogens with two attached hydrogens (primary N) is 1. The first-order valence-electron chi connectivity index (χ1n) is 4.15. The van der Waals surface area contributed by atoms with Crippen molar-refractivity contribution in [1.29, 1.82) is 0 Å². The van der Waals surface area contributed by atoms with Crippen LogP contribution in [0.15, 0.2) is 18.2 Å². The Morgan fingerprint density at radius 3 is 2.47 bits per heavy atom. The number of hydrogen-bond donors (Lipinski definition) is 1. The van der Waals surface area contributed by atoms with Gasteiger partial charge in [-0.05, 0) is 12.1 Å². The van der Waals surface area contributed by atoms with Crippen LogP contribution in [0.1, 0.15) is 0 Å². The van der Waals surface area contributed by atoms with Crippen LogP contribution < -0.4 is 15.8 Å². The standard InChI is InChI=1S/C7H8N4O6/c1-16-7-3-2-5(4-6(7)10(12)13)9(8)17-11(14)15/h2-4H,8H2,1H3. The third-order valence-corrected chi connectivity index (χ3v) is 1.77. The van der Waals surface area contributed by atoms with Crippen LogP contribution in [0.2, 0.25) is 0 Å². The Bertz CT molecular complexity index is 450. The average Bonchev–Trinajstić information content (AvgIpc) is 2.27. The monoisotopic (exact) mass is 244 g/mol. The van der Waals surface area contributed by atoms with Crippen LogP contribution in [-0.4, -0.2) is 17.1 Å². The third kappa shape index (κ3) is 2.92. The summed E-state index contributed by atoms with van der Waals surface area (Å²) >= 11 is 0. The molecule has 0 aliphatic rings. The van der Waals surface area contributed by atoms with Crippen LogP contribution in [0.25, 0.3) is 0 Å². The molecule has 0 saturated heterocycles. The largest absolute Gasteiger partial charge is 0.490 e. The fourth-order valence-corrected chi connectivity index (χ4v) is 1.08. The summed E-state index contributed by atoms with van der Waals surface area (Å²) in [6.07, 6.45) is 0. The van der Waals surface area contributed by atoms with Gasteiger partial charge in [-0.1, -0.05) is 0 Å². The summed E-state index contributed by atoms with van der Waals surface area (Å²) in [6.45, 7) is 0. The minimum atomic E-state index is -1.14. The van der Waals surface area contributed by atoms with Crippen molar-refractivity contribution in [2.75, 3.05) is 12.3 Å². The maximum absolute atomic E-state index is 10.7.